The summed E-state index contributed by atoms with van der Waals surface area (Å²) in [7, 11) is 0. The van der Waals surface area contributed by atoms with E-state index in [1.165, 1.54) is 6.07 Å². The van der Waals surface area contributed by atoms with Crippen molar-refractivity contribution in [2.24, 2.45) is 5.92 Å². The summed E-state index contributed by atoms with van der Waals surface area (Å²) in [5.41, 5.74) is 1.97. The van der Waals surface area contributed by atoms with Crippen molar-refractivity contribution in [1.29, 1.82) is 0 Å². The Bertz CT molecular complexity index is 964. The molecule has 0 amide bonds. The van der Waals surface area contributed by atoms with E-state index < -0.39 is 5.60 Å². The molecule has 0 bridgehead atoms. The van der Waals surface area contributed by atoms with Crippen LogP contribution in [0, 0.1) is 11.7 Å². The largest absolute Gasteiger partial charge is 0.459 e. The van der Waals surface area contributed by atoms with Crippen molar-refractivity contribution in [1.82, 2.24) is 5.32 Å². The molecule has 5 nitrogen and oxygen atoms in total. The third-order valence-electron chi connectivity index (χ3n) is 5.89. The Morgan fingerprint density at radius 3 is 2.72 bits per heavy atom. The molecule has 0 radical (unpaired) electrons. The lowest BCUT2D eigenvalue weighted by atomic mass is 9.76. The van der Waals surface area contributed by atoms with Gasteiger partial charge in [-0.15, -0.1) is 0 Å². The van der Waals surface area contributed by atoms with Crippen molar-refractivity contribution in [2.75, 3.05) is 18.4 Å². The predicted molar refractivity (Wildman–Crippen MR) is 126 cm³/mol. The molecule has 1 saturated heterocycles. The normalized spacial score (nSPS) is 24.8. The molecule has 0 saturated carbocycles. The topological polar surface area (TPSA) is 59.6 Å². The van der Waals surface area contributed by atoms with Gasteiger partial charge in [0.05, 0.1) is 30.5 Å². The third kappa shape index (κ3) is 5.33. The highest BCUT2D eigenvalue weighted by molar-refractivity contribution is 9.10. The molecule has 172 valence electrons. The van der Waals surface area contributed by atoms with Crippen molar-refractivity contribution in [2.45, 2.75) is 57.5 Å². The lowest BCUT2D eigenvalue weighted by Crippen LogP contribution is -2.43. The zero-order valence-electron chi connectivity index (χ0n) is 18.7. The summed E-state index contributed by atoms with van der Waals surface area (Å²) < 4.78 is 27.5. The van der Waals surface area contributed by atoms with Crippen molar-refractivity contribution in [3.63, 3.8) is 0 Å². The van der Waals surface area contributed by atoms with Gasteiger partial charge in [-0.25, -0.2) is 4.39 Å². The molecule has 7 heteroatoms. The Kier molecular flexibility index (Phi) is 6.89. The molecular formula is C25H30BrFN2O3. The van der Waals surface area contributed by atoms with Gasteiger partial charge in [0, 0.05) is 22.5 Å². The van der Waals surface area contributed by atoms with Gasteiger partial charge in [-0.2, -0.15) is 0 Å². The van der Waals surface area contributed by atoms with Crippen LogP contribution in [0.3, 0.4) is 0 Å². The van der Waals surface area contributed by atoms with Crippen LogP contribution >= 0.6 is 15.9 Å². The summed E-state index contributed by atoms with van der Waals surface area (Å²) >= 11 is 3.43. The fraction of sp³-hybridized carbons (Fsp3) is 0.480. The van der Waals surface area contributed by atoms with Gasteiger partial charge in [0.15, 0.2) is 0 Å². The molecule has 0 aromatic heterocycles. The molecule has 2 aromatic rings. The third-order valence-corrected chi connectivity index (χ3v) is 6.35. The number of nitrogens with one attached hydrogen (secondary N) is 2. The Hall–Kier alpha value is -1.96. The first-order valence-electron chi connectivity index (χ1n) is 11.1. The Labute approximate surface area is 197 Å². The fourth-order valence-corrected chi connectivity index (χ4v) is 5.09. The van der Waals surface area contributed by atoms with Gasteiger partial charge in [-0.05, 0) is 51.3 Å². The second-order valence-corrected chi connectivity index (χ2v) is 10.4. The number of rotatable bonds is 5. The van der Waals surface area contributed by atoms with E-state index in [2.05, 4.69) is 38.7 Å². The lowest BCUT2D eigenvalue weighted by Gasteiger charge is -2.46. The van der Waals surface area contributed by atoms with Gasteiger partial charge in [-0.1, -0.05) is 46.3 Å². The minimum Gasteiger partial charge on any atom is -0.459 e. The zero-order valence-corrected chi connectivity index (χ0v) is 20.2. The molecule has 1 fully saturated rings. The molecule has 32 heavy (non-hydrogen) atoms. The highest BCUT2D eigenvalue weighted by atomic mass is 79.9. The number of carbonyl (C=O) groups excluding carboxylic acids is 1. The molecule has 4 rings (SSSR count). The van der Waals surface area contributed by atoms with Gasteiger partial charge in [0.1, 0.15) is 11.4 Å². The van der Waals surface area contributed by atoms with Gasteiger partial charge in [0.25, 0.3) is 0 Å². The maximum absolute atomic E-state index is 14.9. The molecule has 2 aromatic carbocycles. The van der Waals surface area contributed by atoms with Crippen molar-refractivity contribution < 1.29 is 18.7 Å². The van der Waals surface area contributed by atoms with E-state index in [-0.39, 0.29) is 42.5 Å². The predicted octanol–water partition coefficient (Wildman–Crippen LogP) is 5.52. The summed E-state index contributed by atoms with van der Waals surface area (Å²) in [5, 5.41) is 6.61. The van der Waals surface area contributed by atoms with E-state index in [0.29, 0.717) is 16.7 Å². The van der Waals surface area contributed by atoms with Crippen LogP contribution in [0.2, 0.25) is 0 Å². The Morgan fingerprint density at radius 1 is 1.25 bits per heavy atom. The van der Waals surface area contributed by atoms with Crippen LogP contribution < -0.4 is 10.6 Å². The first kappa shape index (κ1) is 23.2. The number of anilines is 1. The smallest absolute Gasteiger partial charge is 0.320 e. The minimum atomic E-state index is -0.504. The second-order valence-electron chi connectivity index (χ2n) is 9.52. The summed E-state index contributed by atoms with van der Waals surface area (Å²) in [5.74, 6) is -0.392. The number of carbonyl (C=O) groups is 1. The number of hydrogen-bond donors (Lipinski definition) is 2. The standard InChI is InChI=1S/C25H30BrFN2O3/c1-25(2,3)32-21(30)14-28-13-17-9-10-18-22(15-7-5-4-6-8-15)29-23-19(24(18)31-17)11-16(26)12-20(23)27/h4-8,11-12,17-18,22,24,28-29H,9-10,13-14H2,1-3H3/t17-,18+,22+,24+/m1/s1. The summed E-state index contributed by atoms with van der Waals surface area (Å²) in [6.45, 7) is 6.23. The SMILES string of the molecule is CC(C)(C)OC(=O)CNC[C@H]1CC[C@@H]2[C@H](O1)c1cc(Br)cc(F)c1N[C@H]2c1ccccc1. The molecule has 2 aliphatic heterocycles. The van der Waals surface area contributed by atoms with Gasteiger partial charge in [0.2, 0.25) is 0 Å². The van der Waals surface area contributed by atoms with Crippen LogP contribution in [-0.2, 0) is 14.3 Å². The molecule has 2 aliphatic rings. The molecule has 0 spiro atoms. The second kappa shape index (κ2) is 9.49. The van der Waals surface area contributed by atoms with Gasteiger partial charge < -0.3 is 20.1 Å². The fourth-order valence-electron chi connectivity index (χ4n) is 4.64. The molecule has 2 N–H and O–H groups in total. The maximum atomic E-state index is 14.9. The van der Waals surface area contributed by atoms with Crippen LogP contribution in [0.25, 0.3) is 0 Å². The average Bonchev–Trinajstić information content (AvgIpc) is 2.72. The quantitative estimate of drug-likeness (QED) is 0.524. The first-order valence-corrected chi connectivity index (χ1v) is 11.9. The Morgan fingerprint density at radius 2 is 2.00 bits per heavy atom. The number of halogens is 2. The van der Waals surface area contributed by atoms with Crippen LogP contribution in [-0.4, -0.2) is 30.8 Å². The monoisotopic (exact) mass is 504 g/mol. The van der Waals surface area contributed by atoms with E-state index in [9.17, 15) is 9.18 Å². The number of ether oxygens (including phenoxy) is 2. The van der Waals surface area contributed by atoms with E-state index in [4.69, 9.17) is 9.47 Å². The number of hydrogen-bond acceptors (Lipinski definition) is 5. The van der Waals surface area contributed by atoms with E-state index >= 15 is 0 Å². The number of fused-ring (bicyclic) bond motifs is 3. The van der Waals surface area contributed by atoms with Crippen LogP contribution in [0.15, 0.2) is 46.9 Å². The van der Waals surface area contributed by atoms with Crippen LogP contribution in [0.1, 0.15) is 56.9 Å². The summed E-state index contributed by atoms with van der Waals surface area (Å²) in [6, 6.07) is 13.5. The lowest BCUT2D eigenvalue weighted by molar-refractivity contribution is -0.153. The van der Waals surface area contributed by atoms with E-state index in [1.807, 2.05) is 45.0 Å². The molecule has 2 heterocycles. The van der Waals surface area contributed by atoms with Crippen molar-refractivity contribution in [3.8, 4) is 0 Å². The molecule has 0 aliphatic carbocycles. The minimum absolute atomic E-state index is 0.0277. The van der Waals surface area contributed by atoms with Crippen molar-refractivity contribution >= 4 is 27.6 Å². The number of benzene rings is 2. The summed E-state index contributed by atoms with van der Waals surface area (Å²) in [6.07, 6.45) is 1.50. The van der Waals surface area contributed by atoms with E-state index in [1.54, 1.807) is 0 Å². The van der Waals surface area contributed by atoms with E-state index in [0.717, 1.165) is 24.0 Å². The van der Waals surface area contributed by atoms with Crippen LogP contribution in [0.4, 0.5) is 10.1 Å². The highest BCUT2D eigenvalue weighted by Gasteiger charge is 2.43. The average molecular weight is 505 g/mol. The van der Waals surface area contributed by atoms with Crippen molar-refractivity contribution in [3.05, 3.63) is 63.9 Å². The molecule has 4 atom stereocenters. The van der Waals surface area contributed by atoms with Gasteiger partial charge >= 0.3 is 5.97 Å². The number of esters is 1. The highest BCUT2D eigenvalue weighted by Crippen LogP contribution is 2.51. The molecular weight excluding hydrogens is 475 g/mol. The Balaban J connectivity index is 1.50. The van der Waals surface area contributed by atoms with Crippen LogP contribution in [0.5, 0.6) is 0 Å². The maximum Gasteiger partial charge on any atom is 0.320 e. The first-order chi connectivity index (χ1) is 15.2. The van der Waals surface area contributed by atoms with Gasteiger partial charge in [-0.3, -0.25) is 4.79 Å². The molecule has 0 unspecified atom stereocenters. The summed E-state index contributed by atoms with van der Waals surface area (Å²) in [4.78, 5) is 12.0. The zero-order chi connectivity index (χ0) is 22.9.